The van der Waals surface area contributed by atoms with Crippen molar-refractivity contribution in [1.29, 1.82) is 0 Å². The molecule has 0 N–H and O–H groups in total. The van der Waals surface area contributed by atoms with Gasteiger partial charge in [0.1, 0.15) is 0 Å². The molecule has 0 fully saturated rings. The summed E-state index contributed by atoms with van der Waals surface area (Å²) in [5.41, 5.74) is -0.100. The van der Waals surface area contributed by atoms with Gasteiger partial charge in [0.15, 0.2) is 0 Å². The molecule has 0 unspecified atom stereocenters. The normalized spacial score (nSPS) is 10.7. The summed E-state index contributed by atoms with van der Waals surface area (Å²) < 4.78 is 0. The number of oxime groups is 1. The van der Waals surface area contributed by atoms with Gasteiger partial charge in [-0.05, 0) is 18.2 Å². The number of carbonyl (C=O) groups excluding carboxylic acids is 1. The first kappa shape index (κ1) is 17.2. The third-order valence-electron chi connectivity index (χ3n) is 2.70. The van der Waals surface area contributed by atoms with Gasteiger partial charge in [0.05, 0.1) is 31.8 Å². The Hall–Kier alpha value is -2.15. The molecule has 0 aliphatic carbocycles. The molecule has 0 amide bonds. The van der Waals surface area contributed by atoms with Gasteiger partial charge in [-0.2, -0.15) is 0 Å². The van der Waals surface area contributed by atoms with Crippen LogP contribution in [-0.4, -0.2) is 17.1 Å². The average molecular weight is 374 g/mol. The molecule has 2 aromatic carbocycles. The van der Waals surface area contributed by atoms with Crippen LogP contribution in [0.3, 0.4) is 0 Å². The summed E-state index contributed by atoms with van der Waals surface area (Å²) in [5, 5.41) is 14.9. The number of nitro groups is 1. The number of hydrogen-bond donors (Lipinski definition) is 0. The van der Waals surface area contributed by atoms with Crippen molar-refractivity contribution >= 4 is 52.7 Å². The van der Waals surface area contributed by atoms with Crippen molar-refractivity contribution in [2.45, 2.75) is 0 Å². The molecule has 0 heterocycles. The van der Waals surface area contributed by atoms with Crippen molar-refractivity contribution in [2.24, 2.45) is 5.16 Å². The maximum absolute atomic E-state index is 11.9. The lowest BCUT2D eigenvalue weighted by Crippen LogP contribution is -2.03. The number of halogens is 3. The van der Waals surface area contributed by atoms with Gasteiger partial charge in [-0.1, -0.05) is 46.0 Å². The Bertz CT molecular complexity index is 788. The molecule has 0 aliphatic heterocycles. The zero-order valence-electron chi connectivity index (χ0n) is 11.2. The van der Waals surface area contributed by atoms with Crippen LogP contribution in [0.25, 0.3) is 0 Å². The molecule has 0 atom stereocenters. The van der Waals surface area contributed by atoms with E-state index >= 15 is 0 Å². The van der Waals surface area contributed by atoms with Gasteiger partial charge >= 0.3 is 5.97 Å². The smallest absolute Gasteiger partial charge is 0.313 e. The molecule has 0 bridgehead atoms. The zero-order chi connectivity index (χ0) is 17.0. The first-order valence-electron chi connectivity index (χ1n) is 6.03. The summed E-state index contributed by atoms with van der Waals surface area (Å²) in [6.45, 7) is 0. The molecule has 0 aromatic heterocycles. The SMILES string of the molecule is O=C(O/N=C/c1c(Cl)cccc1Cl)c1cc([N+](=O)[O-])ccc1Cl. The van der Waals surface area contributed by atoms with E-state index in [2.05, 4.69) is 9.99 Å². The number of nitrogens with zero attached hydrogens (tertiary/aromatic N) is 2. The molecule has 0 saturated carbocycles. The van der Waals surface area contributed by atoms with E-state index < -0.39 is 10.9 Å². The van der Waals surface area contributed by atoms with Crippen molar-refractivity contribution in [3.05, 3.63) is 72.7 Å². The van der Waals surface area contributed by atoms with Crippen molar-refractivity contribution < 1.29 is 14.6 Å². The summed E-state index contributed by atoms with van der Waals surface area (Å²) in [4.78, 5) is 26.6. The molecular formula is C14H7Cl3N2O4. The maximum atomic E-state index is 11.9. The lowest BCUT2D eigenvalue weighted by Gasteiger charge is -2.02. The number of carbonyl (C=O) groups is 1. The monoisotopic (exact) mass is 372 g/mol. The van der Waals surface area contributed by atoms with E-state index in [0.717, 1.165) is 12.3 Å². The van der Waals surface area contributed by atoms with E-state index in [1.165, 1.54) is 12.1 Å². The Labute approximate surface area is 145 Å². The number of rotatable bonds is 4. The molecule has 6 nitrogen and oxygen atoms in total. The second-order valence-electron chi connectivity index (χ2n) is 4.17. The van der Waals surface area contributed by atoms with E-state index in [0.29, 0.717) is 15.6 Å². The number of hydrogen-bond acceptors (Lipinski definition) is 5. The Balaban J connectivity index is 2.18. The second-order valence-corrected chi connectivity index (χ2v) is 5.39. The van der Waals surface area contributed by atoms with Gasteiger partial charge in [0.25, 0.3) is 5.69 Å². The van der Waals surface area contributed by atoms with E-state index in [4.69, 9.17) is 34.8 Å². The first-order valence-corrected chi connectivity index (χ1v) is 7.16. The molecule has 2 aromatic rings. The molecule has 0 radical (unpaired) electrons. The summed E-state index contributed by atoms with van der Waals surface area (Å²) in [5.74, 6) is -0.946. The van der Waals surface area contributed by atoms with Crippen LogP contribution in [0, 0.1) is 10.1 Å². The summed E-state index contributed by atoms with van der Waals surface area (Å²) in [6.07, 6.45) is 1.16. The highest BCUT2D eigenvalue weighted by atomic mass is 35.5. The fourth-order valence-electron chi connectivity index (χ4n) is 1.59. The van der Waals surface area contributed by atoms with E-state index in [1.807, 2.05) is 0 Å². The maximum Gasteiger partial charge on any atom is 0.367 e. The highest BCUT2D eigenvalue weighted by molar-refractivity contribution is 6.38. The van der Waals surface area contributed by atoms with Gasteiger partial charge in [-0.25, -0.2) is 4.79 Å². The zero-order valence-corrected chi connectivity index (χ0v) is 13.5. The molecule has 0 saturated heterocycles. The third kappa shape index (κ3) is 4.19. The lowest BCUT2D eigenvalue weighted by molar-refractivity contribution is -0.384. The minimum atomic E-state index is -0.946. The van der Waals surface area contributed by atoms with Crippen LogP contribution in [0.2, 0.25) is 15.1 Å². The van der Waals surface area contributed by atoms with Crippen LogP contribution in [-0.2, 0) is 4.84 Å². The van der Waals surface area contributed by atoms with E-state index in [-0.39, 0.29) is 16.3 Å². The Kier molecular flexibility index (Phi) is 5.54. The Morgan fingerprint density at radius 3 is 2.39 bits per heavy atom. The van der Waals surface area contributed by atoms with Crippen molar-refractivity contribution in [3.63, 3.8) is 0 Å². The van der Waals surface area contributed by atoms with Crippen LogP contribution in [0.4, 0.5) is 5.69 Å². The van der Waals surface area contributed by atoms with E-state index in [9.17, 15) is 14.9 Å². The standard InChI is InChI=1S/C14H7Cl3N2O4/c15-11-2-1-3-12(16)10(11)7-18-23-14(20)9-6-8(19(21)22)4-5-13(9)17/h1-7H/b18-7+. The number of benzene rings is 2. The summed E-state index contributed by atoms with van der Waals surface area (Å²) in [7, 11) is 0. The molecule has 0 spiro atoms. The lowest BCUT2D eigenvalue weighted by atomic mass is 10.2. The van der Waals surface area contributed by atoms with Crippen LogP contribution >= 0.6 is 34.8 Å². The summed E-state index contributed by atoms with van der Waals surface area (Å²) in [6, 6.07) is 8.23. The van der Waals surface area contributed by atoms with Gasteiger partial charge < -0.3 is 4.84 Å². The highest BCUT2D eigenvalue weighted by Gasteiger charge is 2.17. The van der Waals surface area contributed by atoms with E-state index in [1.54, 1.807) is 18.2 Å². The fraction of sp³-hybridized carbons (Fsp3) is 0. The summed E-state index contributed by atoms with van der Waals surface area (Å²) >= 11 is 17.7. The molecule has 9 heteroatoms. The molecular weight excluding hydrogens is 367 g/mol. The number of nitro benzene ring substituents is 1. The molecule has 0 aliphatic rings. The minimum Gasteiger partial charge on any atom is -0.313 e. The van der Waals surface area contributed by atoms with Gasteiger partial charge in [-0.15, -0.1) is 0 Å². The van der Waals surface area contributed by atoms with Crippen LogP contribution in [0.15, 0.2) is 41.6 Å². The van der Waals surface area contributed by atoms with Gasteiger partial charge in [0, 0.05) is 17.7 Å². The third-order valence-corrected chi connectivity index (χ3v) is 3.69. The van der Waals surface area contributed by atoms with Crippen LogP contribution < -0.4 is 0 Å². The fourth-order valence-corrected chi connectivity index (χ4v) is 2.28. The molecule has 2 rings (SSSR count). The largest absolute Gasteiger partial charge is 0.367 e. The quantitative estimate of drug-likeness (QED) is 0.335. The van der Waals surface area contributed by atoms with Crippen molar-refractivity contribution in [1.82, 2.24) is 0 Å². The van der Waals surface area contributed by atoms with Crippen LogP contribution in [0.1, 0.15) is 15.9 Å². The van der Waals surface area contributed by atoms with Gasteiger partial charge in [0.2, 0.25) is 0 Å². The van der Waals surface area contributed by atoms with Crippen LogP contribution in [0.5, 0.6) is 0 Å². The van der Waals surface area contributed by atoms with Crippen molar-refractivity contribution in [2.75, 3.05) is 0 Å². The second kappa shape index (κ2) is 7.41. The van der Waals surface area contributed by atoms with Gasteiger partial charge in [-0.3, -0.25) is 10.1 Å². The predicted octanol–water partition coefficient (Wildman–Crippen LogP) is 4.75. The molecule has 23 heavy (non-hydrogen) atoms. The Morgan fingerprint density at radius 1 is 1.13 bits per heavy atom. The predicted molar refractivity (Wildman–Crippen MR) is 87.6 cm³/mol. The van der Waals surface area contributed by atoms with Crippen molar-refractivity contribution in [3.8, 4) is 0 Å². The number of non-ortho nitro benzene ring substituents is 1. The minimum absolute atomic E-state index is 0.00609. The highest BCUT2D eigenvalue weighted by Crippen LogP contribution is 2.24. The average Bonchev–Trinajstić information content (AvgIpc) is 2.50. The molecule has 118 valence electrons. The first-order chi connectivity index (χ1) is 10.9. The topological polar surface area (TPSA) is 81.8 Å². The Morgan fingerprint density at radius 2 is 1.78 bits per heavy atom.